The summed E-state index contributed by atoms with van der Waals surface area (Å²) in [4.78, 5) is 15.1. The van der Waals surface area contributed by atoms with Crippen molar-refractivity contribution in [3.05, 3.63) is 66.4 Å². The average Bonchev–Trinajstić information content (AvgIpc) is 3.17. The van der Waals surface area contributed by atoms with E-state index in [1.807, 2.05) is 60.7 Å². The van der Waals surface area contributed by atoms with Gasteiger partial charge in [-0.2, -0.15) is 0 Å². The summed E-state index contributed by atoms with van der Waals surface area (Å²) in [5, 5.41) is 11.4. The van der Waals surface area contributed by atoms with Crippen molar-refractivity contribution in [3.63, 3.8) is 0 Å². The minimum atomic E-state index is -0.205. The normalized spacial score (nSPS) is 10.9. The number of aromatic nitrogens is 3. The molecule has 0 aliphatic carbocycles. The number of rotatable bonds is 8. The molecule has 0 aliphatic rings. The Balaban J connectivity index is 1.89. The monoisotopic (exact) mass is 363 g/mol. The molecule has 0 atom stereocenters. The quantitative estimate of drug-likeness (QED) is 0.668. The Morgan fingerprint density at radius 1 is 1.00 bits per heavy atom. The highest BCUT2D eigenvalue weighted by Gasteiger charge is 2.21. The zero-order valence-electron chi connectivity index (χ0n) is 15.8. The summed E-state index contributed by atoms with van der Waals surface area (Å²) in [6.07, 6.45) is 0. The molecule has 3 aromatic rings. The highest BCUT2D eigenvalue weighted by atomic mass is 16.2. The van der Waals surface area contributed by atoms with Crippen LogP contribution in [0.5, 0.6) is 0 Å². The van der Waals surface area contributed by atoms with Crippen molar-refractivity contribution < 1.29 is 4.79 Å². The third-order valence-electron chi connectivity index (χ3n) is 4.54. The van der Waals surface area contributed by atoms with Crippen LogP contribution in [0.3, 0.4) is 0 Å². The number of amides is 1. The molecule has 0 radical (unpaired) electrons. The Morgan fingerprint density at radius 3 is 2.26 bits per heavy atom. The molecule has 3 rings (SSSR count). The Bertz CT molecular complexity index is 857. The maximum absolute atomic E-state index is 12.8. The molecule has 1 amide bonds. The molecule has 140 valence electrons. The van der Waals surface area contributed by atoms with E-state index in [1.165, 1.54) is 0 Å². The van der Waals surface area contributed by atoms with Crippen molar-refractivity contribution >= 4 is 5.91 Å². The van der Waals surface area contributed by atoms with Crippen molar-refractivity contribution in [2.75, 3.05) is 26.2 Å². The van der Waals surface area contributed by atoms with Crippen LogP contribution >= 0.6 is 0 Å². The van der Waals surface area contributed by atoms with E-state index >= 15 is 0 Å². The van der Waals surface area contributed by atoms with Gasteiger partial charge in [0.05, 0.1) is 5.69 Å². The third kappa shape index (κ3) is 4.41. The van der Waals surface area contributed by atoms with Crippen molar-refractivity contribution in [3.8, 4) is 16.9 Å². The first-order chi connectivity index (χ1) is 13.2. The molecular formula is C21H25N5O. The van der Waals surface area contributed by atoms with Gasteiger partial charge in [-0.15, -0.1) is 5.10 Å². The molecule has 0 bridgehead atoms. The first-order valence-electron chi connectivity index (χ1n) is 9.31. The molecule has 0 saturated carbocycles. The van der Waals surface area contributed by atoms with Crippen LogP contribution in [0.15, 0.2) is 60.7 Å². The second-order valence-corrected chi connectivity index (χ2v) is 6.18. The number of hydrogen-bond acceptors (Lipinski definition) is 4. The first kappa shape index (κ1) is 18.8. The van der Waals surface area contributed by atoms with Gasteiger partial charge in [-0.3, -0.25) is 4.79 Å². The predicted molar refractivity (Wildman–Crippen MR) is 107 cm³/mol. The highest BCUT2D eigenvalue weighted by molar-refractivity contribution is 5.98. The van der Waals surface area contributed by atoms with E-state index in [9.17, 15) is 4.79 Å². The van der Waals surface area contributed by atoms with Crippen LogP contribution in [0.25, 0.3) is 16.9 Å². The minimum absolute atomic E-state index is 0.205. The molecule has 1 aromatic heterocycles. The van der Waals surface area contributed by atoms with Crippen molar-refractivity contribution in [2.45, 2.75) is 13.8 Å². The van der Waals surface area contributed by atoms with Crippen LogP contribution in [-0.4, -0.2) is 52.0 Å². The summed E-state index contributed by atoms with van der Waals surface area (Å²) in [6.45, 7) is 7.55. The van der Waals surface area contributed by atoms with Crippen LogP contribution in [-0.2, 0) is 0 Å². The number of para-hydroxylation sites is 1. The van der Waals surface area contributed by atoms with E-state index in [2.05, 4.69) is 34.4 Å². The molecule has 1 N–H and O–H groups in total. The van der Waals surface area contributed by atoms with Crippen molar-refractivity contribution in [2.24, 2.45) is 0 Å². The van der Waals surface area contributed by atoms with Gasteiger partial charge in [-0.1, -0.05) is 67.6 Å². The molecule has 6 heteroatoms. The maximum Gasteiger partial charge on any atom is 0.274 e. The number of likely N-dealkylation sites (N-methyl/N-ethyl adjacent to an activating group) is 1. The van der Waals surface area contributed by atoms with Gasteiger partial charge in [-0.25, -0.2) is 4.68 Å². The van der Waals surface area contributed by atoms with Gasteiger partial charge < -0.3 is 10.2 Å². The van der Waals surface area contributed by atoms with Gasteiger partial charge in [-0.05, 0) is 25.2 Å². The van der Waals surface area contributed by atoms with E-state index in [-0.39, 0.29) is 5.91 Å². The number of carbonyl (C=O) groups is 1. The predicted octanol–water partition coefficient (Wildman–Crippen LogP) is 3.01. The standard InChI is InChI=1S/C21H25N5O/c1-3-25(4-2)16-15-22-21(27)19-20(17-11-7-5-8-12-17)26(24-23-19)18-13-9-6-10-14-18/h5-14H,3-4,15-16H2,1-2H3,(H,22,27). The summed E-state index contributed by atoms with van der Waals surface area (Å²) in [6, 6.07) is 19.5. The topological polar surface area (TPSA) is 63.1 Å². The summed E-state index contributed by atoms with van der Waals surface area (Å²) in [5.74, 6) is -0.205. The van der Waals surface area contributed by atoms with Crippen LogP contribution in [0, 0.1) is 0 Å². The fourth-order valence-electron chi connectivity index (χ4n) is 2.99. The number of nitrogens with one attached hydrogen (secondary N) is 1. The largest absolute Gasteiger partial charge is 0.349 e. The Labute approximate surface area is 159 Å². The lowest BCUT2D eigenvalue weighted by Gasteiger charge is -2.17. The number of nitrogens with zero attached hydrogens (tertiary/aromatic N) is 4. The van der Waals surface area contributed by atoms with Crippen LogP contribution < -0.4 is 5.32 Å². The molecular weight excluding hydrogens is 338 g/mol. The molecule has 0 spiro atoms. The highest BCUT2D eigenvalue weighted by Crippen LogP contribution is 2.25. The molecule has 1 heterocycles. The summed E-state index contributed by atoms with van der Waals surface area (Å²) in [7, 11) is 0. The number of benzene rings is 2. The number of carbonyl (C=O) groups excluding carboxylic acids is 1. The van der Waals surface area contributed by atoms with Crippen molar-refractivity contribution in [1.29, 1.82) is 0 Å². The SMILES string of the molecule is CCN(CC)CCNC(=O)c1nnn(-c2ccccc2)c1-c1ccccc1. The molecule has 0 fully saturated rings. The molecule has 0 unspecified atom stereocenters. The van der Waals surface area contributed by atoms with Crippen LogP contribution in [0.1, 0.15) is 24.3 Å². The molecule has 27 heavy (non-hydrogen) atoms. The van der Waals surface area contributed by atoms with Gasteiger partial charge in [0.25, 0.3) is 5.91 Å². The smallest absolute Gasteiger partial charge is 0.274 e. The lowest BCUT2D eigenvalue weighted by atomic mass is 10.1. The fraction of sp³-hybridized carbons (Fsp3) is 0.286. The molecule has 2 aromatic carbocycles. The van der Waals surface area contributed by atoms with Gasteiger partial charge in [0.1, 0.15) is 5.69 Å². The van der Waals surface area contributed by atoms with E-state index in [1.54, 1.807) is 4.68 Å². The summed E-state index contributed by atoms with van der Waals surface area (Å²) in [5.41, 5.74) is 2.80. The molecule has 6 nitrogen and oxygen atoms in total. The van der Waals surface area contributed by atoms with Crippen molar-refractivity contribution in [1.82, 2.24) is 25.2 Å². The zero-order chi connectivity index (χ0) is 19.1. The maximum atomic E-state index is 12.8. The summed E-state index contributed by atoms with van der Waals surface area (Å²) >= 11 is 0. The Kier molecular flexibility index (Phi) is 6.33. The van der Waals surface area contributed by atoms with Gasteiger partial charge in [0.2, 0.25) is 0 Å². The van der Waals surface area contributed by atoms with Crippen LogP contribution in [0.2, 0.25) is 0 Å². The second kappa shape index (κ2) is 9.09. The van der Waals surface area contributed by atoms with E-state index in [0.29, 0.717) is 17.9 Å². The minimum Gasteiger partial charge on any atom is -0.349 e. The van der Waals surface area contributed by atoms with Gasteiger partial charge in [0, 0.05) is 18.7 Å². The molecule has 0 saturated heterocycles. The Hall–Kier alpha value is -2.99. The number of hydrogen-bond donors (Lipinski definition) is 1. The van der Waals surface area contributed by atoms with E-state index in [0.717, 1.165) is 30.9 Å². The fourth-order valence-corrected chi connectivity index (χ4v) is 2.99. The van der Waals surface area contributed by atoms with E-state index < -0.39 is 0 Å². The van der Waals surface area contributed by atoms with Gasteiger partial charge >= 0.3 is 0 Å². The molecule has 0 aliphatic heterocycles. The summed E-state index contributed by atoms with van der Waals surface area (Å²) < 4.78 is 1.72. The van der Waals surface area contributed by atoms with E-state index in [4.69, 9.17) is 0 Å². The lowest BCUT2D eigenvalue weighted by Crippen LogP contribution is -2.35. The van der Waals surface area contributed by atoms with Gasteiger partial charge in [0.15, 0.2) is 5.69 Å². The first-order valence-corrected chi connectivity index (χ1v) is 9.31. The lowest BCUT2D eigenvalue weighted by molar-refractivity contribution is 0.0944. The average molecular weight is 363 g/mol. The zero-order valence-corrected chi connectivity index (χ0v) is 15.8. The van der Waals surface area contributed by atoms with Crippen LogP contribution in [0.4, 0.5) is 0 Å². The third-order valence-corrected chi connectivity index (χ3v) is 4.54. The second-order valence-electron chi connectivity index (χ2n) is 6.18. The Morgan fingerprint density at radius 2 is 1.63 bits per heavy atom.